The highest BCUT2D eigenvalue weighted by Crippen LogP contribution is 2.50. The number of thiophene rings is 1. The number of furan rings is 1. The van der Waals surface area contributed by atoms with Crippen LogP contribution in [0.1, 0.15) is 31.9 Å². The van der Waals surface area contributed by atoms with Gasteiger partial charge in [-0.1, -0.05) is 112 Å². The number of aryl methyl sites for hydroxylation is 1. The predicted octanol–water partition coefficient (Wildman–Crippen LogP) is 12.6. The van der Waals surface area contributed by atoms with Crippen LogP contribution in [0.5, 0.6) is 0 Å². The van der Waals surface area contributed by atoms with Crippen LogP contribution in [0.15, 0.2) is 144 Å². The first-order valence-corrected chi connectivity index (χ1v) is 19.7. The van der Waals surface area contributed by atoms with E-state index in [1.54, 1.807) is 0 Å². The number of para-hydroxylation sites is 2. The van der Waals surface area contributed by atoms with Gasteiger partial charge in [-0.15, -0.1) is 11.3 Å². The number of fused-ring (bicyclic) bond motifs is 12. The molecule has 0 saturated carbocycles. The van der Waals surface area contributed by atoms with Crippen molar-refractivity contribution in [1.29, 1.82) is 0 Å². The Bertz CT molecular complexity index is 3230. The third-order valence-electron chi connectivity index (χ3n) is 11.9. The number of rotatable bonds is 2. The average molecular weight is 711 g/mol. The highest BCUT2D eigenvalue weighted by Gasteiger charge is 2.44. The second-order valence-corrected chi connectivity index (χ2v) is 17.3. The Morgan fingerprint density at radius 2 is 1.35 bits per heavy atom. The lowest BCUT2D eigenvalue weighted by Gasteiger charge is -2.41. The molecule has 0 aliphatic carbocycles. The summed E-state index contributed by atoms with van der Waals surface area (Å²) in [5, 5.41) is 4.95. The van der Waals surface area contributed by atoms with Crippen LogP contribution in [-0.2, 0) is 5.41 Å². The van der Waals surface area contributed by atoms with Gasteiger partial charge >= 0.3 is 6.85 Å². The number of hydrogen-bond acceptors (Lipinski definition) is 3. The zero-order valence-corrected chi connectivity index (χ0v) is 31.4. The van der Waals surface area contributed by atoms with Crippen LogP contribution < -0.4 is 15.8 Å². The van der Waals surface area contributed by atoms with Crippen molar-refractivity contribution < 1.29 is 4.42 Å². The Hall–Kier alpha value is -6.04. The summed E-state index contributed by atoms with van der Waals surface area (Å²) in [5.41, 5.74) is 18.2. The normalized spacial score (nSPS) is 13.5. The summed E-state index contributed by atoms with van der Waals surface area (Å²) in [7, 11) is 0. The third kappa shape index (κ3) is 3.97. The second kappa shape index (κ2) is 10.6. The molecule has 10 aromatic rings. The maximum absolute atomic E-state index is 6.76. The van der Waals surface area contributed by atoms with Gasteiger partial charge in [-0.05, 0) is 94.0 Å². The van der Waals surface area contributed by atoms with Crippen molar-refractivity contribution in [3.8, 4) is 22.3 Å². The maximum atomic E-state index is 6.76. The summed E-state index contributed by atoms with van der Waals surface area (Å²) in [6, 6.07) is 52.1. The Morgan fingerprint density at radius 1 is 0.574 bits per heavy atom. The summed E-state index contributed by atoms with van der Waals surface area (Å²) in [6.07, 6.45) is 0. The van der Waals surface area contributed by atoms with Crippen LogP contribution >= 0.6 is 11.3 Å². The minimum atomic E-state index is -0.0603. The molecular weight excluding hydrogens is 675 g/mol. The first kappa shape index (κ1) is 30.4. The third-order valence-corrected chi connectivity index (χ3v) is 13.1. The van der Waals surface area contributed by atoms with Gasteiger partial charge in [0.15, 0.2) is 5.58 Å². The molecule has 54 heavy (non-hydrogen) atoms. The zero-order chi connectivity index (χ0) is 36.0. The van der Waals surface area contributed by atoms with Crippen molar-refractivity contribution in [3.63, 3.8) is 0 Å². The molecule has 0 N–H and O–H groups in total. The molecule has 5 heteroatoms. The maximum Gasteiger partial charge on any atom is 0.333 e. The first-order valence-electron chi connectivity index (χ1n) is 18.9. The lowest BCUT2D eigenvalue weighted by Crippen LogP contribution is -2.56. The van der Waals surface area contributed by atoms with Crippen LogP contribution in [0, 0.1) is 6.92 Å². The van der Waals surface area contributed by atoms with Gasteiger partial charge in [-0.25, -0.2) is 0 Å². The van der Waals surface area contributed by atoms with Crippen LogP contribution in [0.4, 0.5) is 17.1 Å². The van der Waals surface area contributed by atoms with Gasteiger partial charge < -0.3 is 13.8 Å². The molecule has 2 aliphatic heterocycles. The second-order valence-electron chi connectivity index (χ2n) is 16.2. The number of aromatic nitrogens is 1. The molecule has 0 radical (unpaired) electrons. The lowest BCUT2D eigenvalue weighted by atomic mass is 9.45. The summed E-state index contributed by atoms with van der Waals surface area (Å²) in [4.78, 5) is 2.59. The summed E-state index contributed by atoms with van der Waals surface area (Å²) < 4.78 is 12.0. The van der Waals surface area contributed by atoms with Crippen molar-refractivity contribution in [2.75, 3.05) is 4.90 Å². The fourth-order valence-corrected chi connectivity index (χ4v) is 10.7. The Kier molecular flexibility index (Phi) is 5.95. The molecule has 0 spiro atoms. The summed E-state index contributed by atoms with van der Waals surface area (Å²) in [5.74, 6) is 0. The van der Waals surface area contributed by atoms with Crippen LogP contribution in [0.3, 0.4) is 0 Å². The molecular formula is C49H35BN2OS. The van der Waals surface area contributed by atoms with Gasteiger partial charge in [0.25, 0.3) is 0 Å². The lowest BCUT2D eigenvalue weighted by molar-refractivity contribution is 0.590. The Labute approximate surface area is 317 Å². The van der Waals surface area contributed by atoms with E-state index in [0.29, 0.717) is 0 Å². The molecule has 7 aromatic carbocycles. The molecule has 2 aliphatic rings. The number of hydrogen-bond donors (Lipinski definition) is 0. The van der Waals surface area contributed by atoms with E-state index in [0.717, 1.165) is 16.6 Å². The molecule has 12 rings (SSSR count). The summed E-state index contributed by atoms with van der Waals surface area (Å²) in [6.45, 7) is 9.12. The van der Waals surface area contributed by atoms with E-state index in [1.165, 1.54) is 98.0 Å². The quantitative estimate of drug-likeness (QED) is 0.167. The van der Waals surface area contributed by atoms with Gasteiger partial charge in [0.1, 0.15) is 5.58 Å². The van der Waals surface area contributed by atoms with Crippen molar-refractivity contribution >= 4 is 99.3 Å². The Balaban J connectivity index is 1.27. The molecule has 0 fully saturated rings. The minimum absolute atomic E-state index is 0.000939. The average Bonchev–Trinajstić information content (AvgIpc) is 3.85. The van der Waals surface area contributed by atoms with Gasteiger partial charge in [-0.3, -0.25) is 0 Å². The van der Waals surface area contributed by atoms with Crippen molar-refractivity contribution in [2.24, 2.45) is 0 Å². The molecule has 0 saturated heterocycles. The fourth-order valence-electron chi connectivity index (χ4n) is 9.55. The molecule has 0 unspecified atom stereocenters. The molecule has 0 bridgehead atoms. The molecule has 0 amide bonds. The van der Waals surface area contributed by atoms with E-state index >= 15 is 0 Å². The van der Waals surface area contributed by atoms with E-state index in [4.69, 9.17) is 4.42 Å². The number of anilines is 3. The molecule has 3 aromatic heterocycles. The first-order chi connectivity index (χ1) is 26.3. The monoisotopic (exact) mass is 710 g/mol. The van der Waals surface area contributed by atoms with Crippen molar-refractivity contribution in [1.82, 2.24) is 4.48 Å². The van der Waals surface area contributed by atoms with Gasteiger partial charge in [0.05, 0.1) is 11.2 Å². The molecule has 256 valence electrons. The van der Waals surface area contributed by atoms with Crippen LogP contribution in [0.25, 0.3) is 75.4 Å². The van der Waals surface area contributed by atoms with Crippen LogP contribution in [0.2, 0.25) is 0 Å². The number of benzene rings is 7. The highest BCUT2D eigenvalue weighted by molar-refractivity contribution is 7.26. The molecule has 0 atom stereocenters. The van der Waals surface area contributed by atoms with E-state index in [2.05, 4.69) is 177 Å². The largest absolute Gasteiger partial charge is 0.454 e. The topological polar surface area (TPSA) is 21.3 Å². The van der Waals surface area contributed by atoms with Gasteiger partial charge in [0, 0.05) is 59.0 Å². The SMILES string of the molecule is Cc1cc2c3c(c1)N(c1ccc(C(C)(C)C)cc1-c1ccccc1)c1cc4sc5ccccc5c4cc1B3n1c3c-2cccc3c2oc3ccccc3c21. The molecule has 3 nitrogen and oxygen atoms in total. The zero-order valence-electron chi connectivity index (χ0n) is 30.6. The predicted molar refractivity (Wildman–Crippen MR) is 232 cm³/mol. The van der Waals surface area contributed by atoms with Gasteiger partial charge in [0.2, 0.25) is 0 Å². The fraction of sp³-hybridized carbons (Fsp3) is 0.102. The van der Waals surface area contributed by atoms with E-state index in [-0.39, 0.29) is 12.3 Å². The summed E-state index contributed by atoms with van der Waals surface area (Å²) >= 11 is 1.89. The van der Waals surface area contributed by atoms with Crippen molar-refractivity contribution in [3.05, 3.63) is 151 Å². The van der Waals surface area contributed by atoms with E-state index < -0.39 is 0 Å². The smallest absolute Gasteiger partial charge is 0.333 e. The standard InChI is InChI=1S/C49H35BN2OS/c1-28-23-37-32-17-12-18-34-46(32)52(47-33-16-8-10-19-42(33)53-48(34)47)50-38-26-36-31-15-9-11-20-43(31)54-44(36)27-40(38)51(41(24-28)45(37)50)39-22-21-30(49(2,3)4)25-35(39)29-13-6-5-7-14-29/h5-27H,1-4H3. The van der Waals surface area contributed by atoms with Gasteiger partial charge in [-0.2, -0.15) is 0 Å². The number of nitrogens with zero attached hydrogens (tertiary/aromatic N) is 2. The van der Waals surface area contributed by atoms with E-state index in [9.17, 15) is 0 Å². The Morgan fingerprint density at radius 3 is 2.20 bits per heavy atom. The molecule has 5 heterocycles. The van der Waals surface area contributed by atoms with E-state index in [1.807, 2.05) is 11.3 Å². The highest BCUT2D eigenvalue weighted by atomic mass is 32.1. The minimum Gasteiger partial charge on any atom is -0.454 e. The van der Waals surface area contributed by atoms with Crippen LogP contribution in [-0.4, -0.2) is 11.3 Å². The van der Waals surface area contributed by atoms with Crippen molar-refractivity contribution in [2.45, 2.75) is 33.1 Å².